The van der Waals surface area contributed by atoms with E-state index in [1.54, 1.807) is 36.6 Å². The zero-order valence-corrected chi connectivity index (χ0v) is 32.1. The third kappa shape index (κ3) is 11.3. The molecular weight excluding hydrogens is 711 g/mol. The van der Waals surface area contributed by atoms with Gasteiger partial charge < -0.3 is 34.9 Å². The van der Waals surface area contributed by atoms with E-state index < -0.39 is 24.1 Å². The molecule has 0 spiro atoms. The van der Waals surface area contributed by atoms with Gasteiger partial charge in [0.25, 0.3) is 0 Å². The van der Waals surface area contributed by atoms with Crippen LogP contribution in [0.15, 0.2) is 60.0 Å². The smallest absolute Gasteiger partial charge is 0.410 e. The lowest BCUT2D eigenvalue weighted by molar-refractivity contribution is -0.140. The van der Waals surface area contributed by atoms with E-state index in [0.717, 1.165) is 44.1 Å². The van der Waals surface area contributed by atoms with E-state index in [2.05, 4.69) is 5.32 Å². The number of nitrogens with two attached hydrogens (primary N) is 1. The van der Waals surface area contributed by atoms with Crippen LogP contribution in [0, 0.1) is 5.92 Å². The van der Waals surface area contributed by atoms with Gasteiger partial charge >= 0.3 is 6.09 Å². The number of ketones is 1. The van der Waals surface area contributed by atoms with Crippen molar-refractivity contribution in [1.82, 2.24) is 20.1 Å². The minimum atomic E-state index is -0.863. The number of rotatable bonds is 19. The first kappa shape index (κ1) is 40.8. The summed E-state index contributed by atoms with van der Waals surface area (Å²) in [5, 5.41) is 5.47. The molecule has 292 valence electrons. The van der Waals surface area contributed by atoms with Crippen LogP contribution in [0.2, 0.25) is 0 Å². The first-order valence-corrected chi connectivity index (χ1v) is 19.8. The van der Waals surface area contributed by atoms with Gasteiger partial charge in [-0.2, -0.15) is 0 Å². The fourth-order valence-corrected chi connectivity index (χ4v) is 7.73. The highest BCUT2D eigenvalue weighted by Crippen LogP contribution is 2.36. The number of hydrogen-bond donors (Lipinski definition) is 2. The van der Waals surface area contributed by atoms with Gasteiger partial charge in [-0.15, -0.1) is 11.3 Å². The molecule has 0 unspecified atom stereocenters. The number of nitrogens with zero attached hydrogens (tertiary/aromatic N) is 3. The summed E-state index contributed by atoms with van der Waals surface area (Å²) < 4.78 is 22.0. The lowest BCUT2D eigenvalue weighted by Gasteiger charge is -2.35. The molecule has 3 amide bonds. The zero-order valence-electron chi connectivity index (χ0n) is 31.3. The molecule has 3 aromatic rings. The second-order valence-corrected chi connectivity index (χ2v) is 14.6. The van der Waals surface area contributed by atoms with E-state index in [0.29, 0.717) is 74.6 Å². The van der Waals surface area contributed by atoms with Gasteiger partial charge in [0.1, 0.15) is 41.7 Å². The maximum absolute atomic E-state index is 14.4. The summed E-state index contributed by atoms with van der Waals surface area (Å²) in [4.78, 5) is 62.3. The predicted molar refractivity (Wildman–Crippen MR) is 204 cm³/mol. The number of likely N-dealkylation sites (tertiary alicyclic amines) is 1. The van der Waals surface area contributed by atoms with Crippen molar-refractivity contribution in [2.45, 2.75) is 76.6 Å². The molecule has 13 nitrogen and oxygen atoms in total. The van der Waals surface area contributed by atoms with E-state index in [9.17, 15) is 19.2 Å². The molecule has 1 saturated heterocycles. The molecule has 2 aliphatic rings. The summed E-state index contributed by atoms with van der Waals surface area (Å²) in [7, 11) is 1.52. The van der Waals surface area contributed by atoms with E-state index in [1.165, 1.54) is 23.3 Å². The molecule has 0 radical (unpaired) electrons. The number of likely N-dealkylation sites (N-methyl/N-ethyl adjacent to an activating group) is 1. The Balaban J connectivity index is 1.20. The summed E-state index contributed by atoms with van der Waals surface area (Å²) >= 11 is 1.36. The first-order valence-electron chi connectivity index (χ1n) is 18.9. The second kappa shape index (κ2) is 20.9. The Kier molecular flexibility index (Phi) is 15.8. The van der Waals surface area contributed by atoms with Crippen LogP contribution >= 0.6 is 11.3 Å². The van der Waals surface area contributed by atoms with E-state index in [-0.39, 0.29) is 30.3 Å². The number of hydrogen-bond acceptors (Lipinski definition) is 11. The van der Waals surface area contributed by atoms with Crippen molar-refractivity contribution < 1.29 is 38.1 Å². The molecule has 2 fully saturated rings. The summed E-state index contributed by atoms with van der Waals surface area (Å²) in [6, 6.07) is 14.4. The molecule has 54 heavy (non-hydrogen) atoms. The van der Waals surface area contributed by atoms with E-state index >= 15 is 0 Å². The molecule has 2 aromatic carbocycles. The number of carbonyl (C=O) groups is 4. The Hall–Kier alpha value is -4.37. The summed E-state index contributed by atoms with van der Waals surface area (Å²) in [5.41, 5.74) is 7.00. The van der Waals surface area contributed by atoms with Crippen LogP contribution in [0.1, 0.15) is 84.5 Å². The van der Waals surface area contributed by atoms with Crippen molar-refractivity contribution in [1.29, 1.82) is 0 Å². The maximum atomic E-state index is 14.4. The zero-order chi connectivity index (χ0) is 38.3. The number of benzene rings is 2. The average Bonchev–Trinajstić information content (AvgIpc) is 3.90. The summed E-state index contributed by atoms with van der Waals surface area (Å²) in [6.45, 7) is 4.82. The molecule has 1 aromatic heterocycles. The fourth-order valence-electron chi connectivity index (χ4n) is 6.79. The van der Waals surface area contributed by atoms with Crippen molar-refractivity contribution in [3.63, 3.8) is 0 Å². The van der Waals surface area contributed by atoms with E-state index in [4.69, 9.17) is 29.7 Å². The second-order valence-electron chi connectivity index (χ2n) is 13.7. The number of aromatic nitrogens is 1. The monoisotopic (exact) mass is 763 g/mol. The Bertz CT molecular complexity index is 1670. The van der Waals surface area contributed by atoms with Crippen molar-refractivity contribution in [3.05, 3.63) is 81.8 Å². The van der Waals surface area contributed by atoms with Gasteiger partial charge in [0.2, 0.25) is 17.6 Å². The highest BCUT2D eigenvalue weighted by Gasteiger charge is 2.41. The Morgan fingerprint density at radius 2 is 1.69 bits per heavy atom. The molecule has 14 heteroatoms. The van der Waals surface area contributed by atoms with Crippen molar-refractivity contribution in [2.24, 2.45) is 11.7 Å². The molecule has 1 aliphatic heterocycles. The van der Waals surface area contributed by atoms with Gasteiger partial charge in [0.05, 0.1) is 32.5 Å². The van der Waals surface area contributed by atoms with Gasteiger partial charge in [0.15, 0.2) is 0 Å². The SMILES string of the molecule is C[C@@H](C(=O)N[C@H](C(=O)N1CCC[C@H]1c1nc(C(=O)c2cccc(OCCOCCOCCN)c2)cs1)C1CCCCC1)N(C)C(=O)OCc1ccccc1. The van der Waals surface area contributed by atoms with Gasteiger partial charge in [-0.3, -0.25) is 19.3 Å². The van der Waals surface area contributed by atoms with Gasteiger partial charge in [-0.25, -0.2) is 9.78 Å². The first-order chi connectivity index (χ1) is 26.3. The Morgan fingerprint density at radius 3 is 2.44 bits per heavy atom. The van der Waals surface area contributed by atoms with Crippen molar-refractivity contribution in [3.8, 4) is 5.75 Å². The highest BCUT2D eigenvalue weighted by molar-refractivity contribution is 7.10. The molecule has 5 rings (SSSR count). The van der Waals surface area contributed by atoms with Crippen molar-refractivity contribution >= 4 is 35.0 Å². The minimum Gasteiger partial charge on any atom is -0.491 e. The third-order valence-corrected chi connectivity index (χ3v) is 10.9. The quantitative estimate of drug-likeness (QED) is 0.124. The molecule has 1 aliphatic carbocycles. The Morgan fingerprint density at radius 1 is 0.944 bits per heavy atom. The predicted octanol–water partition coefficient (Wildman–Crippen LogP) is 5.13. The van der Waals surface area contributed by atoms with Crippen LogP contribution < -0.4 is 15.8 Å². The fraction of sp³-hybridized carbons (Fsp3) is 0.525. The molecule has 3 atom stereocenters. The van der Waals surface area contributed by atoms with Crippen LogP contribution in [-0.2, 0) is 30.4 Å². The van der Waals surface area contributed by atoms with Crippen molar-refractivity contribution in [2.75, 3.05) is 53.2 Å². The molecule has 0 bridgehead atoms. The maximum Gasteiger partial charge on any atom is 0.410 e. The number of amides is 3. The number of carbonyl (C=O) groups excluding carboxylic acids is 4. The third-order valence-electron chi connectivity index (χ3n) is 9.94. The van der Waals surface area contributed by atoms with Gasteiger partial charge in [-0.05, 0) is 56.2 Å². The molecule has 1 saturated carbocycles. The lowest BCUT2D eigenvalue weighted by Crippen LogP contribution is -2.56. The number of thiazole rings is 1. The standard InChI is InChI=1S/C40H53N5O8S/c1-28(44(2)40(49)53-26-29-11-5-3-6-12-29)37(47)43-35(30-13-7-4-8-14-30)39(48)45-19-10-17-34(45)38-42-33(27-54-38)36(46)31-15-9-16-32(25-31)52-24-23-51-22-21-50-20-18-41/h3,5-6,9,11-12,15-16,25,27-28,30,34-35H,4,7-8,10,13-14,17-24,26,41H2,1-2H3,(H,43,47)/t28-,34-,35-/m0/s1. The summed E-state index contributed by atoms with van der Waals surface area (Å²) in [5.74, 6) is -0.280. The van der Waals surface area contributed by atoms with Crippen LogP contribution in [0.25, 0.3) is 0 Å². The van der Waals surface area contributed by atoms with Crippen LogP contribution in [-0.4, -0.2) is 104 Å². The van der Waals surface area contributed by atoms with Crippen LogP contribution in [0.4, 0.5) is 4.79 Å². The van der Waals surface area contributed by atoms with Crippen LogP contribution in [0.5, 0.6) is 5.75 Å². The number of ether oxygens (including phenoxy) is 4. The van der Waals surface area contributed by atoms with Gasteiger partial charge in [-0.1, -0.05) is 61.7 Å². The number of nitrogens with one attached hydrogen (secondary N) is 1. The molecule has 2 heterocycles. The lowest BCUT2D eigenvalue weighted by atomic mass is 9.83. The normalized spacial score (nSPS) is 17.1. The highest BCUT2D eigenvalue weighted by atomic mass is 32.1. The Labute approximate surface area is 321 Å². The summed E-state index contributed by atoms with van der Waals surface area (Å²) in [6.07, 6.45) is 5.57. The average molecular weight is 764 g/mol. The van der Waals surface area contributed by atoms with Crippen LogP contribution in [0.3, 0.4) is 0 Å². The largest absolute Gasteiger partial charge is 0.491 e. The molecular formula is C40H53N5O8S. The van der Waals surface area contributed by atoms with E-state index in [1.807, 2.05) is 35.2 Å². The topological polar surface area (TPSA) is 163 Å². The van der Waals surface area contributed by atoms with Gasteiger partial charge in [0, 0.05) is 31.1 Å². The minimum absolute atomic E-state index is 0.0242. The molecule has 3 N–H and O–H groups in total.